The van der Waals surface area contributed by atoms with Crippen LogP contribution in [0.5, 0.6) is 0 Å². The van der Waals surface area contributed by atoms with Crippen LogP contribution in [0, 0.1) is 0 Å². The molecule has 0 amide bonds. The minimum Gasteiger partial charge on any atom is -0.234 e. The molecule has 1 heterocycles. The van der Waals surface area contributed by atoms with Crippen LogP contribution >= 0.6 is 0 Å². The number of rotatable bonds is 26. The molecule has 1 rings (SSSR count). The second kappa shape index (κ2) is 23.9. The Morgan fingerprint density at radius 3 is 1.41 bits per heavy atom. The van der Waals surface area contributed by atoms with Crippen LogP contribution in [0.3, 0.4) is 0 Å². The summed E-state index contributed by atoms with van der Waals surface area (Å²) in [6, 6.07) is 0. The van der Waals surface area contributed by atoms with E-state index in [1.807, 2.05) is 0 Å². The molecule has 34 heavy (non-hydrogen) atoms. The van der Waals surface area contributed by atoms with Crippen molar-refractivity contribution in [2.45, 2.75) is 188 Å². The number of hydrogen-bond acceptors (Lipinski definition) is 0. The van der Waals surface area contributed by atoms with Gasteiger partial charge in [0.2, 0.25) is 0 Å². The third-order valence-electron chi connectivity index (χ3n) is 7.60. The first kappa shape index (κ1) is 31.2. The largest absolute Gasteiger partial charge is 0.256 e. The third-order valence-corrected chi connectivity index (χ3v) is 7.60. The summed E-state index contributed by atoms with van der Waals surface area (Å²) in [5.41, 5.74) is 0. The van der Waals surface area contributed by atoms with Gasteiger partial charge < -0.3 is 0 Å². The highest BCUT2D eigenvalue weighted by Crippen LogP contribution is 2.14. The Balaban J connectivity index is 2.30. The molecule has 1 aromatic rings. The van der Waals surface area contributed by atoms with Gasteiger partial charge in [-0.3, -0.25) is 0 Å². The molecule has 2 heteroatoms. The average Bonchev–Trinajstić information content (AvgIpc) is 3.23. The summed E-state index contributed by atoms with van der Waals surface area (Å²) in [4.78, 5) is 0. The van der Waals surface area contributed by atoms with Crippen molar-refractivity contribution >= 4 is 0 Å². The van der Waals surface area contributed by atoms with Crippen LogP contribution in [0.25, 0.3) is 0 Å². The Morgan fingerprint density at radius 1 is 0.500 bits per heavy atom. The summed E-state index contributed by atoms with van der Waals surface area (Å²) in [6.07, 6.45) is 38.5. The van der Waals surface area contributed by atoms with E-state index in [0.29, 0.717) is 0 Å². The monoisotopic (exact) mass is 475 g/mol. The molecule has 0 fully saturated rings. The van der Waals surface area contributed by atoms with Crippen molar-refractivity contribution in [2.24, 2.45) is 0 Å². The molecule has 0 aliphatic heterocycles. The zero-order chi connectivity index (χ0) is 24.5. The van der Waals surface area contributed by atoms with Crippen LogP contribution in [0.1, 0.15) is 174 Å². The molecule has 0 bridgehead atoms. The van der Waals surface area contributed by atoms with Crippen molar-refractivity contribution in [1.29, 1.82) is 0 Å². The van der Waals surface area contributed by atoms with E-state index in [1.165, 1.54) is 167 Å². The van der Waals surface area contributed by atoms with Crippen molar-refractivity contribution < 1.29 is 4.57 Å². The number of imidazole rings is 1. The molecule has 0 atom stereocenters. The van der Waals surface area contributed by atoms with Crippen molar-refractivity contribution in [3.63, 3.8) is 0 Å². The molecule has 0 radical (unpaired) electrons. The first-order valence-electron chi connectivity index (χ1n) is 15.9. The summed E-state index contributed by atoms with van der Waals surface area (Å²) in [5.74, 6) is 1.61. The first-order chi connectivity index (χ1) is 16.8. The van der Waals surface area contributed by atoms with Gasteiger partial charge in [-0.2, -0.15) is 0 Å². The number of aryl methyl sites for hydroxylation is 2. The van der Waals surface area contributed by atoms with Crippen LogP contribution in [-0.2, 0) is 19.5 Å². The molecule has 0 saturated heterocycles. The Hall–Kier alpha value is -0.790. The minimum absolute atomic E-state index is 1.22. The topological polar surface area (TPSA) is 8.81 Å². The van der Waals surface area contributed by atoms with Gasteiger partial charge in [0.1, 0.15) is 12.4 Å². The number of nitrogens with zero attached hydrogens (tertiary/aromatic N) is 2. The maximum atomic E-state index is 2.61. The van der Waals surface area contributed by atoms with Gasteiger partial charge in [-0.25, -0.2) is 9.13 Å². The molecule has 200 valence electrons. The number of unbranched alkanes of at least 4 members (excludes halogenated alkanes) is 20. The lowest BCUT2D eigenvalue weighted by molar-refractivity contribution is -0.704. The van der Waals surface area contributed by atoms with E-state index in [2.05, 4.69) is 42.3 Å². The summed E-state index contributed by atoms with van der Waals surface area (Å²) in [5, 5.41) is 0. The molecule has 0 aromatic carbocycles. The lowest BCUT2D eigenvalue weighted by Gasteiger charge is -2.07. The summed E-state index contributed by atoms with van der Waals surface area (Å²) in [7, 11) is 0. The van der Waals surface area contributed by atoms with E-state index in [0.717, 1.165) is 0 Å². The molecule has 0 N–H and O–H groups in total. The Bertz CT molecular complexity index is 533. The van der Waals surface area contributed by atoms with Crippen LogP contribution in [0.4, 0.5) is 0 Å². The fraction of sp³-hybridized carbons (Fsp3) is 0.906. The predicted octanol–water partition coefficient (Wildman–Crippen LogP) is 10.4. The second-order valence-corrected chi connectivity index (χ2v) is 10.9. The zero-order valence-electron chi connectivity index (χ0n) is 23.9. The fourth-order valence-electron chi connectivity index (χ4n) is 5.26. The van der Waals surface area contributed by atoms with E-state index >= 15 is 0 Å². The van der Waals surface area contributed by atoms with Crippen LogP contribution in [0.2, 0.25) is 0 Å². The maximum absolute atomic E-state index is 2.61. The third kappa shape index (κ3) is 16.8. The SMILES string of the molecule is CCCCCCCCCCCCn1cc[n+](CCCCCC)c1CCCCCCCCCCC. The quantitative estimate of drug-likeness (QED) is 0.0930. The Kier molecular flexibility index (Phi) is 22.0. The highest BCUT2D eigenvalue weighted by Gasteiger charge is 2.16. The smallest absolute Gasteiger partial charge is 0.234 e. The Labute approximate surface area is 215 Å². The molecule has 0 spiro atoms. The predicted molar refractivity (Wildman–Crippen MR) is 152 cm³/mol. The van der Waals surface area contributed by atoms with E-state index in [-0.39, 0.29) is 0 Å². The van der Waals surface area contributed by atoms with Crippen molar-refractivity contribution in [1.82, 2.24) is 4.57 Å². The van der Waals surface area contributed by atoms with E-state index in [1.54, 1.807) is 5.82 Å². The van der Waals surface area contributed by atoms with E-state index in [4.69, 9.17) is 0 Å². The van der Waals surface area contributed by atoms with Gasteiger partial charge in [-0.1, -0.05) is 136 Å². The number of aromatic nitrogens is 2. The molecule has 0 saturated carbocycles. The second-order valence-electron chi connectivity index (χ2n) is 10.9. The Morgan fingerprint density at radius 2 is 0.912 bits per heavy atom. The van der Waals surface area contributed by atoms with Crippen LogP contribution < -0.4 is 4.57 Å². The van der Waals surface area contributed by atoms with Gasteiger partial charge in [0.15, 0.2) is 0 Å². The van der Waals surface area contributed by atoms with Gasteiger partial charge in [0.25, 0.3) is 5.82 Å². The number of hydrogen-bond donors (Lipinski definition) is 0. The van der Waals surface area contributed by atoms with Crippen molar-refractivity contribution in [3.05, 3.63) is 18.2 Å². The standard InChI is InChI=1S/C32H63N2/c1-4-7-10-13-15-17-19-21-23-26-29-34-31-30-33(28-25-12-9-6-3)32(34)27-24-22-20-18-16-14-11-8-5-2/h30-31H,4-29H2,1-3H3/q+1. The summed E-state index contributed by atoms with van der Waals surface area (Å²) in [6.45, 7) is 9.37. The van der Waals surface area contributed by atoms with E-state index in [9.17, 15) is 0 Å². The van der Waals surface area contributed by atoms with Crippen LogP contribution in [0.15, 0.2) is 12.4 Å². The van der Waals surface area contributed by atoms with Gasteiger partial charge in [0, 0.05) is 6.42 Å². The summed E-state index contributed by atoms with van der Waals surface area (Å²) >= 11 is 0. The molecule has 0 aliphatic carbocycles. The normalized spacial score (nSPS) is 11.5. The molecular weight excluding hydrogens is 412 g/mol. The fourth-order valence-corrected chi connectivity index (χ4v) is 5.26. The molecule has 0 unspecified atom stereocenters. The van der Waals surface area contributed by atoms with Crippen LogP contribution in [-0.4, -0.2) is 4.57 Å². The van der Waals surface area contributed by atoms with Crippen molar-refractivity contribution in [3.8, 4) is 0 Å². The highest BCUT2D eigenvalue weighted by molar-refractivity contribution is 4.84. The van der Waals surface area contributed by atoms with Crippen molar-refractivity contribution in [2.75, 3.05) is 0 Å². The van der Waals surface area contributed by atoms with E-state index < -0.39 is 0 Å². The minimum atomic E-state index is 1.22. The summed E-state index contributed by atoms with van der Waals surface area (Å²) < 4.78 is 5.20. The lowest BCUT2D eigenvalue weighted by Crippen LogP contribution is -2.37. The first-order valence-corrected chi connectivity index (χ1v) is 15.9. The van der Waals surface area contributed by atoms with Gasteiger partial charge in [0.05, 0.1) is 13.1 Å². The highest BCUT2D eigenvalue weighted by atomic mass is 15.1. The van der Waals surface area contributed by atoms with Gasteiger partial charge >= 0.3 is 0 Å². The lowest BCUT2D eigenvalue weighted by atomic mass is 10.1. The zero-order valence-corrected chi connectivity index (χ0v) is 23.9. The van der Waals surface area contributed by atoms with Gasteiger partial charge in [-0.05, 0) is 32.1 Å². The average molecular weight is 476 g/mol. The molecular formula is C32H63N2+. The molecule has 2 nitrogen and oxygen atoms in total. The molecule has 0 aliphatic rings. The molecule has 1 aromatic heterocycles. The maximum Gasteiger partial charge on any atom is 0.256 e. The van der Waals surface area contributed by atoms with Gasteiger partial charge in [-0.15, -0.1) is 0 Å².